The summed E-state index contributed by atoms with van der Waals surface area (Å²) in [5.41, 5.74) is 0. The summed E-state index contributed by atoms with van der Waals surface area (Å²) in [6.45, 7) is 2.81. The van der Waals surface area contributed by atoms with Crippen LogP contribution in [0.15, 0.2) is 0 Å². The summed E-state index contributed by atoms with van der Waals surface area (Å²) in [6, 6.07) is 0. The van der Waals surface area contributed by atoms with Gasteiger partial charge in [0.25, 0.3) is 0 Å². The number of carbonyl (C=O) groups excluding carboxylic acids is 2. The van der Waals surface area contributed by atoms with Crippen molar-refractivity contribution in [1.29, 1.82) is 0 Å². The Morgan fingerprint density at radius 2 is 1.33 bits per heavy atom. The topological polar surface area (TPSA) is 65.6 Å². The molecular formula is C5H10NdO3. The van der Waals surface area contributed by atoms with E-state index in [9.17, 15) is 9.59 Å². The van der Waals surface area contributed by atoms with Crippen LogP contribution in [0.4, 0.5) is 0 Å². The predicted molar refractivity (Wildman–Crippen MR) is 29.6 cm³/mol. The zero-order chi connectivity index (χ0) is 5.86. The van der Waals surface area contributed by atoms with Crippen LogP contribution in [-0.2, 0) is 9.59 Å². The summed E-state index contributed by atoms with van der Waals surface area (Å²) in [7, 11) is 0. The van der Waals surface area contributed by atoms with E-state index in [2.05, 4.69) is 0 Å². The summed E-state index contributed by atoms with van der Waals surface area (Å²) >= 11 is 0. The van der Waals surface area contributed by atoms with E-state index in [1.165, 1.54) is 13.8 Å². The number of rotatable bonds is 2. The Morgan fingerprint density at radius 3 is 1.33 bits per heavy atom. The van der Waals surface area contributed by atoms with Crippen LogP contribution in [0.2, 0.25) is 0 Å². The van der Waals surface area contributed by atoms with Crippen LogP contribution >= 0.6 is 0 Å². The number of hydrogen-bond donors (Lipinski definition) is 0. The minimum absolute atomic E-state index is 0. The van der Waals surface area contributed by atoms with Crippen molar-refractivity contribution in [1.82, 2.24) is 0 Å². The average molecular weight is 262 g/mol. The van der Waals surface area contributed by atoms with Crippen molar-refractivity contribution in [3.8, 4) is 0 Å². The Labute approximate surface area is 87.0 Å². The van der Waals surface area contributed by atoms with E-state index in [0.29, 0.717) is 0 Å². The maximum Gasteiger partial charge on any atom is 0.137 e. The van der Waals surface area contributed by atoms with Gasteiger partial charge >= 0.3 is 0 Å². The van der Waals surface area contributed by atoms with Crippen molar-refractivity contribution in [2.75, 3.05) is 0 Å². The van der Waals surface area contributed by atoms with E-state index in [1.54, 1.807) is 0 Å². The number of ketones is 2. The van der Waals surface area contributed by atoms with Gasteiger partial charge in [-0.2, -0.15) is 0 Å². The summed E-state index contributed by atoms with van der Waals surface area (Å²) in [5.74, 6) is -0.125. The van der Waals surface area contributed by atoms with Gasteiger partial charge in [0.05, 0.1) is 6.42 Å². The second-order valence-corrected chi connectivity index (χ2v) is 1.58. The smallest absolute Gasteiger partial charge is 0.137 e. The van der Waals surface area contributed by atoms with Gasteiger partial charge in [-0.3, -0.25) is 9.59 Å². The van der Waals surface area contributed by atoms with E-state index in [4.69, 9.17) is 0 Å². The Bertz CT molecular complexity index is 88.4. The first-order chi connectivity index (χ1) is 3.13. The van der Waals surface area contributed by atoms with Crippen molar-refractivity contribution in [3.05, 3.63) is 0 Å². The van der Waals surface area contributed by atoms with Crippen molar-refractivity contribution in [2.45, 2.75) is 20.3 Å². The first-order valence-corrected chi connectivity index (χ1v) is 2.12. The molecule has 0 saturated heterocycles. The van der Waals surface area contributed by atoms with Crippen LogP contribution in [0.3, 0.4) is 0 Å². The van der Waals surface area contributed by atoms with Crippen molar-refractivity contribution < 1.29 is 55.9 Å². The molecule has 0 amide bonds. The van der Waals surface area contributed by atoms with Gasteiger partial charge < -0.3 is 5.48 Å². The SMILES string of the molecule is CC(=O)CC(C)=O.O.[Nd]. The van der Waals surface area contributed by atoms with E-state index in [1.807, 2.05) is 0 Å². The maximum absolute atomic E-state index is 10.0. The largest absolute Gasteiger partial charge is 0.412 e. The third kappa shape index (κ3) is 17.7. The maximum atomic E-state index is 10.0. The zero-order valence-corrected chi connectivity index (χ0v) is 8.73. The molecule has 0 unspecified atom stereocenters. The first-order valence-electron chi connectivity index (χ1n) is 2.12. The molecule has 0 fully saturated rings. The third-order valence-corrected chi connectivity index (χ3v) is 0.498. The van der Waals surface area contributed by atoms with E-state index in [0.717, 1.165) is 0 Å². The Balaban J connectivity index is -0.000000180. The zero-order valence-electron chi connectivity index (χ0n) is 5.52. The van der Waals surface area contributed by atoms with Gasteiger partial charge in [0, 0.05) is 40.8 Å². The van der Waals surface area contributed by atoms with E-state index >= 15 is 0 Å². The Hall–Kier alpha value is 0.651. The molecule has 0 aromatic heterocycles. The summed E-state index contributed by atoms with van der Waals surface area (Å²) < 4.78 is 0. The quantitative estimate of drug-likeness (QED) is 0.643. The fourth-order valence-corrected chi connectivity index (χ4v) is 0.351. The van der Waals surface area contributed by atoms with Crippen LogP contribution in [0, 0.1) is 40.8 Å². The molecule has 0 spiro atoms. The van der Waals surface area contributed by atoms with Crippen molar-refractivity contribution in [3.63, 3.8) is 0 Å². The molecule has 3 nitrogen and oxygen atoms in total. The van der Waals surface area contributed by atoms with Crippen molar-refractivity contribution >= 4 is 11.6 Å². The fraction of sp³-hybridized carbons (Fsp3) is 0.600. The molecule has 0 saturated carbocycles. The molecule has 0 aromatic carbocycles. The van der Waals surface area contributed by atoms with Crippen LogP contribution in [0.25, 0.3) is 0 Å². The molecule has 0 heterocycles. The standard InChI is InChI=1S/C5H8O2.Nd.H2O/c1-4(6)3-5(2)7;;/h3H2,1-2H3;;1H2. The predicted octanol–water partition coefficient (Wildman–Crippen LogP) is -0.270. The molecule has 0 aromatic rings. The minimum atomic E-state index is -0.0625. The van der Waals surface area contributed by atoms with Gasteiger partial charge in [-0.15, -0.1) is 0 Å². The molecule has 0 radical (unpaired) electrons. The van der Waals surface area contributed by atoms with Gasteiger partial charge in [0.2, 0.25) is 0 Å². The monoisotopic (exact) mass is 260 g/mol. The minimum Gasteiger partial charge on any atom is -0.412 e. The summed E-state index contributed by atoms with van der Waals surface area (Å²) in [4.78, 5) is 20.1. The molecule has 0 aliphatic heterocycles. The summed E-state index contributed by atoms with van der Waals surface area (Å²) in [5, 5.41) is 0. The van der Waals surface area contributed by atoms with Gasteiger partial charge in [-0.25, -0.2) is 0 Å². The van der Waals surface area contributed by atoms with Gasteiger partial charge in [-0.1, -0.05) is 0 Å². The molecule has 0 aliphatic carbocycles. The molecule has 0 aliphatic rings. The fourth-order valence-electron chi connectivity index (χ4n) is 0.351. The van der Waals surface area contributed by atoms with Crippen LogP contribution in [0.5, 0.6) is 0 Å². The van der Waals surface area contributed by atoms with Crippen LogP contribution in [0.1, 0.15) is 20.3 Å². The molecule has 2 N–H and O–H groups in total. The Kier molecular flexibility index (Phi) is 15.7. The first kappa shape index (κ1) is 16.3. The molecule has 4 heteroatoms. The second kappa shape index (κ2) is 8.65. The molecular weight excluding hydrogens is 252 g/mol. The number of Topliss-reactive ketones (excluding diaryl/α,β-unsaturated/α-hetero) is 2. The summed E-state index contributed by atoms with van der Waals surface area (Å²) in [6.07, 6.45) is 0.0833. The normalized spacial score (nSPS) is 6.44. The Morgan fingerprint density at radius 1 is 1.11 bits per heavy atom. The molecule has 0 atom stereocenters. The second-order valence-electron chi connectivity index (χ2n) is 1.58. The molecule has 0 rings (SSSR count). The van der Waals surface area contributed by atoms with Gasteiger partial charge in [-0.05, 0) is 13.8 Å². The van der Waals surface area contributed by atoms with E-state index < -0.39 is 0 Å². The van der Waals surface area contributed by atoms with E-state index in [-0.39, 0.29) is 64.3 Å². The van der Waals surface area contributed by atoms with Gasteiger partial charge in [0.15, 0.2) is 0 Å². The number of carbonyl (C=O) groups is 2. The molecule has 0 bridgehead atoms. The van der Waals surface area contributed by atoms with Crippen molar-refractivity contribution in [2.24, 2.45) is 0 Å². The van der Waals surface area contributed by atoms with Crippen LogP contribution in [-0.4, -0.2) is 17.0 Å². The number of hydrogen-bond acceptors (Lipinski definition) is 2. The average Bonchev–Trinajstić information content (AvgIpc) is 1.27. The third-order valence-electron chi connectivity index (χ3n) is 0.498. The van der Waals surface area contributed by atoms with Crippen LogP contribution < -0.4 is 0 Å². The van der Waals surface area contributed by atoms with Gasteiger partial charge in [0.1, 0.15) is 11.6 Å². The molecule has 9 heavy (non-hydrogen) atoms. The molecule has 52 valence electrons.